The van der Waals surface area contributed by atoms with Crippen molar-refractivity contribution in [3.8, 4) is 0 Å². The van der Waals surface area contributed by atoms with E-state index >= 15 is 0 Å². The third-order valence-electron chi connectivity index (χ3n) is 1.22. The Balaban J connectivity index is 3.07. The van der Waals surface area contributed by atoms with Crippen LogP contribution in [0.4, 0.5) is 11.4 Å². The van der Waals surface area contributed by atoms with Crippen LogP contribution in [0.3, 0.4) is 0 Å². The van der Waals surface area contributed by atoms with E-state index in [4.69, 9.17) is 17.2 Å². The molecule has 0 fully saturated rings. The van der Waals surface area contributed by atoms with Crippen LogP contribution < -0.4 is 17.2 Å². The van der Waals surface area contributed by atoms with E-state index in [0.717, 1.165) is 0 Å². The van der Waals surface area contributed by atoms with Gasteiger partial charge >= 0.3 is 0 Å². The zero-order valence-electron chi connectivity index (χ0n) is 5.54. The first-order valence-electron chi connectivity index (χ1n) is 2.94. The molecule has 0 aromatic carbocycles. The first-order valence-corrected chi connectivity index (χ1v) is 2.94. The molecule has 0 aliphatic carbocycles. The maximum absolute atomic E-state index is 5.51. The fraction of sp³-hybridized carbons (Fsp3) is 0.167. The van der Waals surface area contributed by atoms with Gasteiger partial charge in [-0.3, -0.25) is 4.98 Å². The van der Waals surface area contributed by atoms with Crippen molar-refractivity contribution < 1.29 is 0 Å². The van der Waals surface area contributed by atoms with E-state index < -0.39 is 0 Å². The third-order valence-corrected chi connectivity index (χ3v) is 1.22. The van der Waals surface area contributed by atoms with E-state index in [1.54, 1.807) is 12.3 Å². The first kappa shape index (κ1) is 6.82. The first-order chi connectivity index (χ1) is 4.74. The summed E-state index contributed by atoms with van der Waals surface area (Å²) < 4.78 is 0. The molecule has 0 amide bonds. The summed E-state index contributed by atoms with van der Waals surface area (Å²) in [6.45, 7) is 0.353. The van der Waals surface area contributed by atoms with Crippen molar-refractivity contribution in [3.05, 3.63) is 18.0 Å². The molecule has 1 aromatic heterocycles. The monoisotopic (exact) mass is 138 g/mol. The second-order valence-corrected chi connectivity index (χ2v) is 2.01. The van der Waals surface area contributed by atoms with Crippen LogP contribution in [0.2, 0.25) is 0 Å². The number of nitrogen functional groups attached to an aromatic ring is 2. The van der Waals surface area contributed by atoms with Crippen molar-refractivity contribution in [1.29, 1.82) is 0 Å². The lowest BCUT2D eigenvalue weighted by molar-refractivity contribution is 0.997. The summed E-state index contributed by atoms with van der Waals surface area (Å²) in [7, 11) is 0. The number of hydrogen-bond donors (Lipinski definition) is 3. The molecule has 1 heterocycles. The molecular weight excluding hydrogens is 128 g/mol. The number of hydrogen-bond acceptors (Lipinski definition) is 4. The van der Waals surface area contributed by atoms with Crippen molar-refractivity contribution in [2.24, 2.45) is 5.73 Å². The lowest BCUT2D eigenvalue weighted by Crippen LogP contribution is -2.04. The number of pyridine rings is 1. The summed E-state index contributed by atoms with van der Waals surface area (Å²) in [5.74, 6) is 0. The molecule has 0 bridgehead atoms. The Labute approximate surface area is 59.0 Å². The highest BCUT2D eigenvalue weighted by molar-refractivity contribution is 5.52. The second kappa shape index (κ2) is 2.53. The average Bonchev–Trinajstić information content (AvgIpc) is 1.88. The van der Waals surface area contributed by atoms with E-state index in [9.17, 15) is 0 Å². The Morgan fingerprint density at radius 3 is 2.60 bits per heavy atom. The molecule has 4 nitrogen and oxygen atoms in total. The van der Waals surface area contributed by atoms with Crippen LogP contribution in [-0.2, 0) is 6.54 Å². The maximum atomic E-state index is 5.51. The summed E-state index contributed by atoms with van der Waals surface area (Å²) in [4.78, 5) is 3.92. The summed E-state index contributed by atoms with van der Waals surface area (Å²) in [5.41, 5.74) is 18.0. The molecule has 10 heavy (non-hydrogen) atoms. The van der Waals surface area contributed by atoms with Gasteiger partial charge in [-0.2, -0.15) is 0 Å². The largest absolute Gasteiger partial charge is 0.397 e. The molecule has 4 heteroatoms. The number of nitrogens with zero attached hydrogens (tertiary/aromatic N) is 1. The van der Waals surface area contributed by atoms with Gasteiger partial charge in [-0.1, -0.05) is 0 Å². The number of anilines is 2. The van der Waals surface area contributed by atoms with E-state index in [2.05, 4.69) is 4.98 Å². The molecule has 0 aliphatic heterocycles. The van der Waals surface area contributed by atoms with E-state index in [1.165, 1.54) is 0 Å². The van der Waals surface area contributed by atoms with Crippen molar-refractivity contribution in [2.45, 2.75) is 6.54 Å². The summed E-state index contributed by atoms with van der Waals surface area (Å²) in [5, 5.41) is 0. The lowest BCUT2D eigenvalue weighted by atomic mass is 10.3. The van der Waals surface area contributed by atoms with Gasteiger partial charge in [-0.25, -0.2) is 0 Å². The molecule has 0 saturated carbocycles. The fourth-order valence-corrected chi connectivity index (χ4v) is 0.698. The molecule has 0 radical (unpaired) electrons. The van der Waals surface area contributed by atoms with Gasteiger partial charge in [0.15, 0.2) is 0 Å². The quantitative estimate of drug-likeness (QED) is 0.497. The molecule has 0 aliphatic rings. The van der Waals surface area contributed by atoms with Gasteiger partial charge in [-0.05, 0) is 6.07 Å². The summed E-state index contributed by atoms with van der Waals surface area (Å²) in [6.07, 6.45) is 1.54. The van der Waals surface area contributed by atoms with Gasteiger partial charge in [0, 0.05) is 6.54 Å². The zero-order valence-corrected chi connectivity index (χ0v) is 5.54. The number of aromatic nitrogens is 1. The van der Waals surface area contributed by atoms with Crippen LogP contribution in [0.25, 0.3) is 0 Å². The van der Waals surface area contributed by atoms with E-state index in [-0.39, 0.29) is 0 Å². The minimum atomic E-state index is 0.353. The zero-order chi connectivity index (χ0) is 7.56. The molecule has 6 N–H and O–H groups in total. The van der Waals surface area contributed by atoms with Crippen molar-refractivity contribution in [2.75, 3.05) is 11.5 Å². The smallest absolute Gasteiger partial charge is 0.0769 e. The number of rotatable bonds is 1. The van der Waals surface area contributed by atoms with Gasteiger partial charge in [0.25, 0.3) is 0 Å². The van der Waals surface area contributed by atoms with E-state index in [1.807, 2.05) is 0 Å². The molecular formula is C6H10N4. The Bertz CT molecular complexity index is 233. The Morgan fingerprint density at radius 2 is 2.10 bits per heavy atom. The third kappa shape index (κ3) is 1.16. The average molecular weight is 138 g/mol. The standard InChI is InChI=1S/C6H10N4/c7-2-6-5(9)1-4(8)3-10-6/h1,3H,2,7-9H2. The lowest BCUT2D eigenvalue weighted by Gasteiger charge is -2.00. The van der Waals surface area contributed by atoms with E-state index in [0.29, 0.717) is 23.6 Å². The normalized spacial score (nSPS) is 9.70. The maximum Gasteiger partial charge on any atom is 0.0769 e. The van der Waals surface area contributed by atoms with Crippen LogP contribution in [-0.4, -0.2) is 4.98 Å². The van der Waals surface area contributed by atoms with Crippen molar-refractivity contribution in [3.63, 3.8) is 0 Å². The van der Waals surface area contributed by atoms with Gasteiger partial charge in [0.05, 0.1) is 23.3 Å². The Morgan fingerprint density at radius 1 is 1.40 bits per heavy atom. The highest BCUT2D eigenvalue weighted by Gasteiger charge is 1.96. The topological polar surface area (TPSA) is 90.9 Å². The molecule has 0 atom stereocenters. The molecule has 0 unspecified atom stereocenters. The SMILES string of the molecule is NCc1ncc(N)cc1N. The van der Waals surface area contributed by atoms with Crippen LogP contribution in [0, 0.1) is 0 Å². The van der Waals surface area contributed by atoms with Crippen LogP contribution in [0.15, 0.2) is 12.3 Å². The highest BCUT2D eigenvalue weighted by atomic mass is 14.8. The van der Waals surface area contributed by atoms with Crippen molar-refractivity contribution in [1.82, 2.24) is 4.98 Å². The van der Waals surface area contributed by atoms with Gasteiger partial charge < -0.3 is 17.2 Å². The van der Waals surface area contributed by atoms with Gasteiger partial charge in [-0.15, -0.1) is 0 Å². The molecule has 1 rings (SSSR count). The predicted octanol–water partition coefficient (Wildman–Crippen LogP) is -0.295. The predicted molar refractivity (Wildman–Crippen MR) is 41.0 cm³/mol. The Kier molecular flexibility index (Phi) is 1.73. The molecule has 0 spiro atoms. The van der Waals surface area contributed by atoms with Crippen LogP contribution in [0.5, 0.6) is 0 Å². The number of nitrogens with two attached hydrogens (primary N) is 3. The fourth-order valence-electron chi connectivity index (χ4n) is 0.698. The molecule has 0 saturated heterocycles. The van der Waals surface area contributed by atoms with Gasteiger partial charge in [0.2, 0.25) is 0 Å². The van der Waals surface area contributed by atoms with Crippen molar-refractivity contribution >= 4 is 11.4 Å². The molecule has 1 aromatic rings. The second-order valence-electron chi connectivity index (χ2n) is 2.01. The molecule has 54 valence electrons. The Hall–Kier alpha value is -1.29. The summed E-state index contributed by atoms with van der Waals surface area (Å²) in [6, 6.07) is 1.65. The van der Waals surface area contributed by atoms with Gasteiger partial charge in [0.1, 0.15) is 0 Å². The minimum absolute atomic E-state index is 0.353. The minimum Gasteiger partial charge on any atom is -0.397 e. The van der Waals surface area contributed by atoms with Crippen LogP contribution >= 0.6 is 0 Å². The summed E-state index contributed by atoms with van der Waals surface area (Å²) >= 11 is 0. The van der Waals surface area contributed by atoms with Crippen LogP contribution in [0.1, 0.15) is 5.69 Å². The highest BCUT2D eigenvalue weighted by Crippen LogP contribution is 2.10.